The monoisotopic (exact) mass is 406 g/mol. The first-order chi connectivity index (χ1) is 14.7. The normalized spacial score (nSPS) is 15.8. The summed E-state index contributed by atoms with van der Waals surface area (Å²) in [5.74, 6) is 0.0311. The minimum absolute atomic E-state index is 0.187. The molecular formula is C25H24F2N2O. The Morgan fingerprint density at radius 2 is 1.80 bits per heavy atom. The van der Waals surface area contributed by atoms with Crippen molar-refractivity contribution < 1.29 is 13.2 Å². The van der Waals surface area contributed by atoms with Gasteiger partial charge in [-0.3, -0.25) is 0 Å². The number of likely N-dealkylation sites (tertiary alicyclic amines) is 1. The van der Waals surface area contributed by atoms with Gasteiger partial charge in [0.15, 0.2) is 0 Å². The molecule has 5 heteroatoms. The average molecular weight is 406 g/mol. The molecule has 0 aliphatic carbocycles. The van der Waals surface area contributed by atoms with Gasteiger partial charge in [0.2, 0.25) is 0 Å². The molecule has 1 N–H and O–H groups in total. The molecule has 3 nitrogen and oxygen atoms in total. The van der Waals surface area contributed by atoms with Crippen molar-refractivity contribution in [3.63, 3.8) is 0 Å². The molecule has 0 saturated carbocycles. The number of hydrogen-bond acceptors (Lipinski definition) is 2. The van der Waals surface area contributed by atoms with Crippen molar-refractivity contribution in [1.82, 2.24) is 9.88 Å². The summed E-state index contributed by atoms with van der Waals surface area (Å²) in [5, 5.41) is 1.00. The summed E-state index contributed by atoms with van der Waals surface area (Å²) in [6.45, 7) is 2.95. The summed E-state index contributed by atoms with van der Waals surface area (Å²) in [7, 11) is 0. The van der Waals surface area contributed by atoms with Crippen molar-refractivity contribution in [2.45, 2.75) is 25.2 Å². The molecule has 3 heterocycles. The van der Waals surface area contributed by atoms with Gasteiger partial charge in [-0.15, -0.1) is 0 Å². The maximum atomic E-state index is 13.8. The fraction of sp³-hybridized carbons (Fsp3) is 0.280. The van der Waals surface area contributed by atoms with Gasteiger partial charge in [0.1, 0.15) is 11.6 Å². The van der Waals surface area contributed by atoms with Crippen LogP contribution in [0.1, 0.15) is 29.9 Å². The van der Waals surface area contributed by atoms with Gasteiger partial charge in [0.25, 0.3) is 0 Å². The molecule has 1 fully saturated rings. The summed E-state index contributed by atoms with van der Waals surface area (Å²) < 4.78 is 32.7. The number of piperidine rings is 1. The van der Waals surface area contributed by atoms with Crippen molar-refractivity contribution >= 4 is 10.9 Å². The van der Waals surface area contributed by atoms with E-state index in [1.54, 1.807) is 24.7 Å². The van der Waals surface area contributed by atoms with E-state index in [4.69, 9.17) is 4.42 Å². The highest BCUT2D eigenvalue weighted by molar-refractivity contribution is 5.83. The zero-order valence-electron chi connectivity index (χ0n) is 16.7. The first-order valence-electron chi connectivity index (χ1n) is 10.5. The van der Waals surface area contributed by atoms with Gasteiger partial charge in [-0.2, -0.15) is 0 Å². The van der Waals surface area contributed by atoms with Gasteiger partial charge in [-0.25, -0.2) is 8.78 Å². The third kappa shape index (κ3) is 3.77. The van der Waals surface area contributed by atoms with Gasteiger partial charge in [-0.1, -0.05) is 6.07 Å². The average Bonchev–Trinajstić information content (AvgIpc) is 3.43. The van der Waals surface area contributed by atoms with Crippen molar-refractivity contribution in [1.29, 1.82) is 0 Å². The van der Waals surface area contributed by atoms with Gasteiger partial charge in [0.05, 0.1) is 12.5 Å². The van der Waals surface area contributed by atoms with Crippen LogP contribution in [0.15, 0.2) is 65.6 Å². The van der Waals surface area contributed by atoms with E-state index in [-0.39, 0.29) is 11.6 Å². The van der Waals surface area contributed by atoms with E-state index >= 15 is 0 Å². The zero-order valence-corrected chi connectivity index (χ0v) is 16.7. The highest BCUT2D eigenvalue weighted by Crippen LogP contribution is 2.34. The lowest BCUT2D eigenvalue weighted by atomic mass is 9.89. The number of benzene rings is 2. The number of H-pyrrole nitrogens is 1. The van der Waals surface area contributed by atoms with Crippen molar-refractivity contribution in [2.24, 2.45) is 0 Å². The number of halogens is 2. The van der Waals surface area contributed by atoms with E-state index in [1.165, 1.54) is 17.7 Å². The fourth-order valence-corrected chi connectivity index (χ4v) is 4.65. The maximum absolute atomic E-state index is 13.8. The Labute approximate surface area is 174 Å². The highest BCUT2D eigenvalue weighted by Gasteiger charge is 2.23. The maximum Gasteiger partial charge on any atom is 0.123 e. The smallest absolute Gasteiger partial charge is 0.123 e. The standard InChI is InChI=1S/C25H24F2N2O/c26-20-2-1-17(22(13-20)19-8-12-30-16-19)5-9-29-10-6-18(7-11-29)24-15-28-25-4-3-21(27)14-23(24)25/h1-4,8,12-16,18,28H,5-7,9-11H2. The lowest BCUT2D eigenvalue weighted by Gasteiger charge is -2.32. The second-order valence-corrected chi connectivity index (χ2v) is 8.11. The number of hydrogen-bond donors (Lipinski definition) is 1. The van der Waals surface area contributed by atoms with Crippen LogP contribution in [0.3, 0.4) is 0 Å². The van der Waals surface area contributed by atoms with E-state index in [0.717, 1.165) is 66.5 Å². The SMILES string of the molecule is Fc1ccc(CCN2CCC(c3c[nH]c4ccc(F)cc34)CC2)c(-c2ccoc2)c1. The molecule has 4 aromatic rings. The molecule has 0 unspecified atom stereocenters. The minimum Gasteiger partial charge on any atom is -0.472 e. The second kappa shape index (κ2) is 8.07. The van der Waals surface area contributed by atoms with Crippen LogP contribution in [0.2, 0.25) is 0 Å². The molecule has 1 aliphatic heterocycles. The topological polar surface area (TPSA) is 32.2 Å². The third-order valence-corrected chi connectivity index (χ3v) is 6.30. The summed E-state index contributed by atoms with van der Waals surface area (Å²) >= 11 is 0. The number of aromatic amines is 1. The largest absolute Gasteiger partial charge is 0.472 e. The van der Waals surface area contributed by atoms with Crippen LogP contribution in [-0.2, 0) is 6.42 Å². The molecule has 30 heavy (non-hydrogen) atoms. The number of nitrogens with zero attached hydrogens (tertiary/aromatic N) is 1. The Kier molecular flexibility index (Phi) is 5.13. The van der Waals surface area contributed by atoms with Crippen LogP contribution in [0.25, 0.3) is 22.0 Å². The summed E-state index contributed by atoms with van der Waals surface area (Å²) in [6, 6.07) is 11.8. The molecule has 0 radical (unpaired) electrons. The number of aromatic nitrogens is 1. The quantitative estimate of drug-likeness (QED) is 0.432. The predicted octanol–water partition coefficient (Wildman–Crippen LogP) is 6.13. The van der Waals surface area contributed by atoms with Gasteiger partial charge < -0.3 is 14.3 Å². The van der Waals surface area contributed by atoms with Crippen LogP contribution >= 0.6 is 0 Å². The Morgan fingerprint density at radius 3 is 2.60 bits per heavy atom. The van der Waals surface area contributed by atoms with Gasteiger partial charge in [0, 0.05) is 29.2 Å². The summed E-state index contributed by atoms with van der Waals surface area (Å²) in [5.41, 5.74) is 5.17. The fourth-order valence-electron chi connectivity index (χ4n) is 4.65. The third-order valence-electron chi connectivity index (χ3n) is 6.30. The predicted molar refractivity (Wildman–Crippen MR) is 114 cm³/mol. The molecule has 5 rings (SSSR count). The van der Waals surface area contributed by atoms with Crippen LogP contribution in [0.4, 0.5) is 8.78 Å². The molecule has 0 atom stereocenters. The van der Waals surface area contributed by atoms with Crippen LogP contribution in [0.5, 0.6) is 0 Å². The Morgan fingerprint density at radius 1 is 1.00 bits per heavy atom. The molecule has 2 aromatic heterocycles. The van der Waals surface area contributed by atoms with E-state index in [9.17, 15) is 8.78 Å². The molecule has 2 aromatic carbocycles. The first-order valence-corrected chi connectivity index (χ1v) is 10.5. The van der Waals surface area contributed by atoms with Crippen molar-refractivity contribution in [2.75, 3.05) is 19.6 Å². The highest BCUT2D eigenvalue weighted by atomic mass is 19.1. The Bertz CT molecular complexity index is 1140. The number of furan rings is 1. The molecule has 1 aliphatic rings. The number of rotatable bonds is 5. The molecule has 0 spiro atoms. The number of nitrogens with one attached hydrogen (secondary N) is 1. The second-order valence-electron chi connectivity index (χ2n) is 8.11. The molecule has 1 saturated heterocycles. The summed E-state index contributed by atoms with van der Waals surface area (Å²) in [4.78, 5) is 5.74. The molecule has 154 valence electrons. The van der Waals surface area contributed by atoms with Gasteiger partial charge >= 0.3 is 0 Å². The number of fused-ring (bicyclic) bond motifs is 1. The van der Waals surface area contributed by atoms with E-state index < -0.39 is 0 Å². The Hall–Kier alpha value is -2.92. The first kappa shape index (κ1) is 19.1. The van der Waals surface area contributed by atoms with Crippen molar-refractivity contribution in [3.8, 4) is 11.1 Å². The lowest BCUT2D eigenvalue weighted by molar-refractivity contribution is 0.215. The lowest BCUT2D eigenvalue weighted by Crippen LogP contribution is -2.34. The minimum atomic E-state index is -0.231. The van der Waals surface area contributed by atoms with Crippen LogP contribution in [-0.4, -0.2) is 29.5 Å². The molecule has 0 amide bonds. The van der Waals surface area contributed by atoms with E-state index in [2.05, 4.69) is 9.88 Å². The van der Waals surface area contributed by atoms with Crippen LogP contribution < -0.4 is 0 Å². The molecular weight excluding hydrogens is 382 g/mol. The van der Waals surface area contributed by atoms with E-state index in [0.29, 0.717) is 5.92 Å². The van der Waals surface area contributed by atoms with Crippen LogP contribution in [0, 0.1) is 11.6 Å². The van der Waals surface area contributed by atoms with E-state index in [1.807, 2.05) is 24.4 Å². The summed E-state index contributed by atoms with van der Waals surface area (Å²) in [6.07, 6.45) is 8.30. The Balaban J connectivity index is 1.24. The molecule has 0 bridgehead atoms. The van der Waals surface area contributed by atoms with Gasteiger partial charge in [-0.05, 0) is 91.4 Å². The van der Waals surface area contributed by atoms with Crippen molar-refractivity contribution in [3.05, 3.63) is 83.9 Å². The zero-order chi connectivity index (χ0) is 20.5.